The molecule has 204 valence electrons. The number of nitrogens with one attached hydrogen (secondary N) is 2. The van der Waals surface area contributed by atoms with E-state index in [0.717, 1.165) is 5.56 Å². The van der Waals surface area contributed by atoms with Gasteiger partial charge in [-0.3, -0.25) is 19.2 Å². The number of aryl methyl sites for hydroxylation is 1. The van der Waals surface area contributed by atoms with E-state index in [4.69, 9.17) is 15.2 Å². The highest BCUT2D eigenvalue weighted by atomic mass is 16.6. The van der Waals surface area contributed by atoms with E-state index < -0.39 is 53.9 Å². The van der Waals surface area contributed by atoms with Gasteiger partial charge >= 0.3 is 12.1 Å². The lowest BCUT2D eigenvalue weighted by atomic mass is 10.0. The first-order chi connectivity index (χ1) is 17.3. The molecule has 0 saturated heterocycles. The Morgan fingerprint density at radius 3 is 2.24 bits per heavy atom. The summed E-state index contributed by atoms with van der Waals surface area (Å²) >= 11 is 0. The lowest BCUT2D eigenvalue weighted by Crippen LogP contribution is -2.54. The van der Waals surface area contributed by atoms with Crippen molar-refractivity contribution in [3.05, 3.63) is 35.4 Å². The number of nitrogens with zero attached hydrogens (tertiary/aromatic N) is 1. The van der Waals surface area contributed by atoms with Crippen LogP contribution in [0.15, 0.2) is 24.3 Å². The van der Waals surface area contributed by atoms with Crippen LogP contribution in [0.3, 0.4) is 0 Å². The molecule has 2 atom stereocenters. The third kappa shape index (κ3) is 9.74. The van der Waals surface area contributed by atoms with Crippen LogP contribution in [0.25, 0.3) is 0 Å². The van der Waals surface area contributed by atoms with Crippen LogP contribution in [-0.2, 0) is 28.7 Å². The molecule has 1 saturated carbocycles. The van der Waals surface area contributed by atoms with Gasteiger partial charge in [0, 0.05) is 12.6 Å². The van der Waals surface area contributed by atoms with E-state index in [2.05, 4.69) is 10.6 Å². The Morgan fingerprint density at radius 1 is 1.11 bits per heavy atom. The van der Waals surface area contributed by atoms with Gasteiger partial charge in [0.15, 0.2) is 0 Å². The predicted octanol–water partition coefficient (Wildman–Crippen LogP) is 1.87. The van der Waals surface area contributed by atoms with E-state index in [9.17, 15) is 24.0 Å². The van der Waals surface area contributed by atoms with Crippen molar-refractivity contribution >= 4 is 29.8 Å². The summed E-state index contributed by atoms with van der Waals surface area (Å²) in [7, 11) is 0. The van der Waals surface area contributed by atoms with E-state index in [1.807, 2.05) is 19.1 Å². The van der Waals surface area contributed by atoms with Gasteiger partial charge in [0.25, 0.3) is 0 Å². The lowest BCUT2D eigenvalue weighted by molar-refractivity contribution is -0.145. The van der Waals surface area contributed by atoms with Gasteiger partial charge in [-0.05, 0) is 53.0 Å². The monoisotopic (exact) mass is 518 g/mol. The fourth-order valence-corrected chi connectivity index (χ4v) is 3.71. The fourth-order valence-electron chi connectivity index (χ4n) is 3.71. The molecule has 4 N–H and O–H groups in total. The molecule has 4 amide bonds. The molecule has 0 aromatic heterocycles. The smallest absolute Gasteiger partial charge is 0.408 e. The molecule has 1 aliphatic carbocycles. The first-order valence-corrected chi connectivity index (χ1v) is 12.4. The molecule has 0 heterocycles. The van der Waals surface area contributed by atoms with Gasteiger partial charge in [0.05, 0.1) is 19.4 Å². The summed E-state index contributed by atoms with van der Waals surface area (Å²) in [5.74, 6) is -2.37. The summed E-state index contributed by atoms with van der Waals surface area (Å²) in [4.78, 5) is 64.6. The van der Waals surface area contributed by atoms with Crippen molar-refractivity contribution in [1.82, 2.24) is 15.5 Å². The van der Waals surface area contributed by atoms with Gasteiger partial charge in [0.2, 0.25) is 17.7 Å². The van der Waals surface area contributed by atoms with Crippen molar-refractivity contribution < 1.29 is 33.4 Å². The van der Waals surface area contributed by atoms with Crippen LogP contribution >= 0.6 is 0 Å². The molecular weight excluding hydrogens is 480 g/mol. The number of ether oxygens (including phenoxy) is 2. The topological polar surface area (TPSA) is 157 Å². The van der Waals surface area contributed by atoms with Crippen molar-refractivity contribution in [2.24, 2.45) is 5.73 Å². The molecule has 37 heavy (non-hydrogen) atoms. The number of nitrogens with two attached hydrogens (primary N) is 1. The summed E-state index contributed by atoms with van der Waals surface area (Å²) in [5, 5.41) is 5.17. The van der Waals surface area contributed by atoms with Crippen LogP contribution < -0.4 is 16.4 Å². The molecule has 1 aliphatic rings. The molecule has 0 radical (unpaired) electrons. The number of esters is 1. The van der Waals surface area contributed by atoms with Gasteiger partial charge in [-0.15, -0.1) is 0 Å². The maximum atomic E-state index is 13.8. The molecule has 1 aromatic carbocycles. The average Bonchev–Trinajstić information content (AvgIpc) is 3.61. The molecule has 1 aromatic rings. The largest absolute Gasteiger partial charge is 0.466 e. The Morgan fingerprint density at radius 2 is 1.73 bits per heavy atom. The van der Waals surface area contributed by atoms with Gasteiger partial charge in [0.1, 0.15) is 17.7 Å². The Labute approximate surface area is 217 Å². The SMILES string of the molecule is CCOC(=O)CCNC(=O)C(c1ccc(C)cc1)N(C(=O)C(CC(N)=O)NC(=O)OC(C)(C)C)C1CC1. The van der Waals surface area contributed by atoms with Gasteiger partial charge in [-0.2, -0.15) is 0 Å². The Kier molecular flexibility index (Phi) is 10.5. The zero-order chi connectivity index (χ0) is 27.8. The normalized spacial score (nSPS) is 14.6. The fraction of sp³-hybridized carbons (Fsp3) is 0.577. The molecular formula is C26H38N4O7. The summed E-state index contributed by atoms with van der Waals surface area (Å²) in [6, 6.07) is 4.49. The third-order valence-electron chi connectivity index (χ3n) is 5.44. The third-order valence-corrected chi connectivity index (χ3v) is 5.44. The molecule has 2 unspecified atom stereocenters. The lowest BCUT2D eigenvalue weighted by Gasteiger charge is -2.34. The van der Waals surface area contributed by atoms with Crippen LogP contribution in [0.1, 0.15) is 70.5 Å². The maximum Gasteiger partial charge on any atom is 0.408 e. The molecule has 11 heteroatoms. The minimum absolute atomic E-state index is 0.0214. The highest BCUT2D eigenvalue weighted by Crippen LogP contribution is 2.36. The van der Waals surface area contributed by atoms with E-state index >= 15 is 0 Å². The molecule has 2 rings (SSSR count). The molecule has 0 bridgehead atoms. The molecule has 0 spiro atoms. The first kappa shape index (κ1) is 29.6. The van der Waals surface area contributed by atoms with Crippen molar-refractivity contribution in [3.8, 4) is 0 Å². The quantitative estimate of drug-likeness (QED) is 0.356. The van der Waals surface area contributed by atoms with Crippen LogP contribution in [0.2, 0.25) is 0 Å². The van der Waals surface area contributed by atoms with E-state index in [-0.39, 0.29) is 25.6 Å². The van der Waals surface area contributed by atoms with E-state index in [0.29, 0.717) is 18.4 Å². The number of hydrogen-bond donors (Lipinski definition) is 3. The van der Waals surface area contributed by atoms with E-state index in [1.165, 1.54) is 4.90 Å². The van der Waals surface area contributed by atoms with Gasteiger partial charge in [-0.25, -0.2) is 4.79 Å². The second-order valence-electron chi connectivity index (χ2n) is 10.0. The average molecular weight is 519 g/mol. The first-order valence-electron chi connectivity index (χ1n) is 12.4. The van der Waals surface area contributed by atoms with Crippen LogP contribution in [0, 0.1) is 6.92 Å². The van der Waals surface area contributed by atoms with Gasteiger partial charge < -0.3 is 30.7 Å². The Hall–Kier alpha value is -3.63. The predicted molar refractivity (Wildman–Crippen MR) is 135 cm³/mol. The van der Waals surface area contributed by atoms with Crippen LogP contribution in [-0.4, -0.2) is 65.5 Å². The zero-order valence-corrected chi connectivity index (χ0v) is 22.2. The highest BCUT2D eigenvalue weighted by Gasteiger charge is 2.44. The van der Waals surface area contributed by atoms with Gasteiger partial charge in [-0.1, -0.05) is 29.8 Å². The standard InChI is InChI=1S/C26H38N4O7/c1-6-36-21(32)13-14-28-23(33)22(17-9-7-16(2)8-10-17)30(18-11-12-18)24(34)19(15-20(27)31)29-25(35)37-26(3,4)5/h7-10,18-19,22H,6,11-15H2,1-5H3,(H2,27,31)(H,28,33)(H,29,35). The van der Waals surface area contributed by atoms with Crippen molar-refractivity contribution in [3.63, 3.8) is 0 Å². The van der Waals surface area contributed by atoms with Crippen molar-refractivity contribution in [1.29, 1.82) is 0 Å². The number of alkyl carbamates (subject to hydrolysis) is 1. The van der Waals surface area contributed by atoms with Crippen LogP contribution in [0.4, 0.5) is 4.79 Å². The van der Waals surface area contributed by atoms with Crippen LogP contribution in [0.5, 0.6) is 0 Å². The summed E-state index contributed by atoms with van der Waals surface area (Å²) in [6.45, 7) is 8.85. The Balaban J connectivity index is 2.36. The van der Waals surface area contributed by atoms with Crippen molar-refractivity contribution in [2.75, 3.05) is 13.2 Å². The minimum Gasteiger partial charge on any atom is -0.466 e. The number of rotatable bonds is 12. The number of carbonyl (C=O) groups is 5. The number of amides is 4. The number of carbonyl (C=O) groups excluding carboxylic acids is 5. The van der Waals surface area contributed by atoms with E-state index in [1.54, 1.807) is 39.8 Å². The summed E-state index contributed by atoms with van der Waals surface area (Å²) in [5.41, 5.74) is 6.07. The number of primary amides is 1. The minimum atomic E-state index is -1.33. The zero-order valence-electron chi connectivity index (χ0n) is 22.2. The Bertz CT molecular complexity index is 984. The number of hydrogen-bond acceptors (Lipinski definition) is 7. The highest BCUT2D eigenvalue weighted by molar-refractivity contribution is 5.95. The second-order valence-corrected chi connectivity index (χ2v) is 10.0. The number of benzene rings is 1. The maximum absolute atomic E-state index is 13.8. The summed E-state index contributed by atoms with van der Waals surface area (Å²) < 4.78 is 10.2. The second kappa shape index (κ2) is 13.1. The molecule has 0 aliphatic heterocycles. The molecule has 1 fully saturated rings. The van der Waals surface area contributed by atoms with Crippen molar-refractivity contribution in [2.45, 2.75) is 84.0 Å². The molecule has 11 nitrogen and oxygen atoms in total. The summed E-state index contributed by atoms with van der Waals surface area (Å²) in [6.07, 6.45) is -0.0671.